The molecule has 2 rings (SSSR count). The second-order valence-electron chi connectivity index (χ2n) is 6.02. The molecule has 2 N–H and O–H groups in total. The maximum atomic E-state index is 12.5. The molecule has 0 bridgehead atoms. The molecule has 0 radical (unpaired) electrons. The van der Waals surface area contributed by atoms with E-state index in [1.54, 1.807) is 16.2 Å². The molecule has 4 nitrogen and oxygen atoms in total. The molecule has 2 aromatic rings. The molecule has 1 heterocycles. The first kappa shape index (κ1) is 17.5. The van der Waals surface area contributed by atoms with Gasteiger partial charge in [0.15, 0.2) is 0 Å². The topological polar surface area (TPSA) is 52.6 Å². The summed E-state index contributed by atoms with van der Waals surface area (Å²) in [5, 5.41) is 17.1. The number of aliphatic hydroxyl groups is 1. The molecule has 0 aliphatic heterocycles. The molecule has 0 fully saturated rings. The molecule has 1 atom stereocenters. The normalized spacial score (nSPS) is 12.2. The lowest BCUT2D eigenvalue weighted by molar-refractivity contribution is 0.118. The fraction of sp³-hybridized carbons (Fsp3) is 0.389. The van der Waals surface area contributed by atoms with E-state index in [9.17, 15) is 9.90 Å². The van der Waals surface area contributed by atoms with Crippen LogP contribution in [-0.4, -0.2) is 29.1 Å². The van der Waals surface area contributed by atoms with Crippen LogP contribution in [0.5, 0.6) is 0 Å². The summed E-state index contributed by atoms with van der Waals surface area (Å²) in [4.78, 5) is 14.1. The van der Waals surface area contributed by atoms with Gasteiger partial charge in [-0.05, 0) is 33.9 Å². The maximum absolute atomic E-state index is 12.5. The largest absolute Gasteiger partial charge is 0.387 e. The van der Waals surface area contributed by atoms with Crippen molar-refractivity contribution in [3.8, 4) is 0 Å². The third kappa shape index (κ3) is 5.69. The maximum Gasteiger partial charge on any atom is 0.317 e. The molecule has 0 saturated heterocycles. The van der Waals surface area contributed by atoms with E-state index in [1.807, 2.05) is 47.2 Å². The number of nitrogens with zero attached hydrogens (tertiary/aromatic N) is 1. The van der Waals surface area contributed by atoms with Crippen LogP contribution in [0.15, 0.2) is 47.2 Å². The zero-order chi connectivity index (χ0) is 16.7. The molecule has 124 valence electrons. The van der Waals surface area contributed by atoms with E-state index in [-0.39, 0.29) is 12.6 Å². The van der Waals surface area contributed by atoms with Gasteiger partial charge in [-0.25, -0.2) is 4.79 Å². The van der Waals surface area contributed by atoms with Gasteiger partial charge in [0.2, 0.25) is 0 Å². The van der Waals surface area contributed by atoms with Crippen molar-refractivity contribution in [2.24, 2.45) is 5.92 Å². The SMILES string of the molecule is CC(C)CNC(=O)N(Cc1ccccc1)CC(O)c1ccsc1. The number of rotatable bonds is 7. The first-order chi connectivity index (χ1) is 11.1. The van der Waals surface area contributed by atoms with Crippen LogP contribution in [0.2, 0.25) is 0 Å². The number of nitrogens with one attached hydrogen (secondary N) is 1. The number of hydrogen-bond acceptors (Lipinski definition) is 3. The van der Waals surface area contributed by atoms with Gasteiger partial charge in [-0.15, -0.1) is 0 Å². The number of thiophene rings is 1. The van der Waals surface area contributed by atoms with Gasteiger partial charge < -0.3 is 15.3 Å². The van der Waals surface area contributed by atoms with E-state index in [2.05, 4.69) is 19.2 Å². The minimum absolute atomic E-state index is 0.142. The number of amides is 2. The fourth-order valence-electron chi connectivity index (χ4n) is 2.21. The van der Waals surface area contributed by atoms with Crippen LogP contribution >= 0.6 is 11.3 Å². The molecule has 1 aromatic carbocycles. The minimum atomic E-state index is -0.672. The van der Waals surface area contributed by atoms with Crippen molar-refractivity contribution in [2.45, 2.75) is 26.5 Å². The summed E-state index contributed by atoms with van der Waals surface area (Å²) in [5.74, 6) is 0.388. The quantitative estimate of drug-likeness (QED) is 0.813. The van der Waals surface area contributed by atoms with Gasteiger partial charge >= 0.3 is 6.03 Å². The van der Waals surface area contributed by atoms with Gasteiger partial charge in [0.05, 0.1) is 12.6 Å². The molecule has 5 heteroatoms. The summed E-state index contributed by atoms with van der Waals surface area (Å²) in [6.07, 6.45) is -0.672. The van der Waals surface area contributed by atoms with Gasteiger partial charge in [-0.2, -0.15) is 11.3 Å². The Bertz CT molecular complexity index is 584. The lowest BCUT2D eigenvalue weighted by atomic mass is 10.1. The zero-order valence-corrected chi connectivity index (χ0v) is 14.4. The highest BCUT2D eigenvalue weighted by molar-refractivity contribution is 7.07. The Balaban J connectivity index is 2.05. The van der Waals surface area contributed by atoms with E-state index < -0.39 is 6.10 Å². The second-order valence-corrected chi connectivity index (χ2v) is 6.80. The first-order valence-electron chi connectivity index (χ1n) is 7.83. The van der Waals surface area contributed by atoms with E-state index in [4.69, 9.17) is 0 Å². The van der Waals surface area contributed by atoms with Crippen LogP contribution in [0.1, 0.15) is 31.1 Å². The summed E-state index contributed by atoms with van der Waals surface area (Å²) in [7, 11) is 0. The average Bonchev–Trinajstić information content (AvgIpc) is 3.07. The van der Waals surface area contributed by atoms with Crippen molar-refractivity contribution in [1.29, 1.82) is 0 Å². The third-order valence-electron chi connectivity index (χ3n) is 3.49. The van der Waals surface area contributed by atoms with Crippen molar-refractivity contribution >= 4 is 17.4 Å². The highest BCUT2D eigenvalue weighted by Crippen LogP contribution is 2.18. The monoisotopic (exact) mass is 332 g/mol. The Morgan fingerprint density at radius 1 is 1.26 bits per heavy atom. The van der Waals surface area contributed by atoms with Gasteiger partial charge in [0.1, 0.15) is 0 Å². The standard InChI is InChI=1S/C18H24N2O2S/c1-14(2)10-19-18(22)20(11-15-6-4-3-5-7-15)12-17(21)16-8-9-23-13-16/h3-9,13-14,17,21H,10-12H2,1-2H3,(H,19,22). The molecule has 0 saturated carbocycles. The molecule has 1 aromatic heterocycles. The molecule has 0 spiro atoms. The number of carbonyl (C=O) groups excluding carboxylic acids is 1. The molecular formula is C18H24N2O2S. The number of hydrogen-bond donors (Lipinski definition) is 2. The van der Waals surface area contributed by atoms with Crippen molar-refractivity contribution in [3.05, 3.63) is 58.3 Å². The van der Waals surface area contributed by atoms with Crippen molar-refractivity contribution < 1.29 is 9.90 Å². The van der Waals surface area contributed by atoms with E-state index in [0.29, 0.717) is 19.0 Å². The van der Waals surface area contributed by atoms with Crippen LogP contribution < -0.4 is 5.32 Å². The predicted octanol–water partition coefficient (Wildman–Crippen LogP) is 3.65. The van der Waals surface area contributed by atoms with Crippen LogP contribution in [-0.2, 0) is 6.54 Å². The number of benzene rings is 1. The minimum Gasteiger partial charge on any atom is -0.387 e. The van der Waals surface area contributed by atoms with Crippen LogP contribution in [0.25, 0.3) is 0 Å². The van der Waals surface area contributed by atoms with Gasteiger partial charge in [-0.1, -0.05) is 44.2 Å². The predicted molar refractivity (Wildman–Crippen MR) is 94.4 cm³/mol. The molecule has 0 aliphatic rings. The third-order valence-corrected chi connectivity index (χ3v) is 4.19. The smallest absolute Gasteiger partial charge is 0.317 e. The number of urea groups is 1. The highest BCUT2D eigenvalue weighted by Gasteiger charge is 2.19. The fourth-order valence-corrected chi connectivity index (χ4v) is 2.91. The Kier molecular flexibility index (Phi) is 6.62. The van der Waals surface area contributed by atoms with E-state index in [1.165, 1.54) is 0 Å². The van der Waals surface area contributed by atoms with Crippen LogP contribution in [0.4, 0.5) is 4.79 Å². The van der Waals surface area contributed by atoms with Gasteiger partial charge in [0.25, 0.3) is 0 Å². The van der Waals surface area contributed by atoms with Crippen LogP contribution in [0, 0.1) is 5.92 Å². The summed E-state index contributed by atoms with van der Waals surface area (Å²) < 4.78 is 0. The number of carbonyl (C=O) groups is 1. The van der Waals surface area contributed by atoms with Crippen molar-refractivity contribution in [3.63, 3.8) is 0 Å². The highest BCUT2D eigenvalue weighted by atomic mass is 32.1. The Morgan fingerprint density at radius 2 is 2.00 bits per heavy atom. The van der Waals surface area contributed by atoms with E-state index in [0.717, 1.165) is 11.1 Å². The summed E-state index contributed by atoms with van der Waals surface area (Å²) in [6, 6.07) is 11.6. The summed E-state index contributed by atoms with van der Waals surface area (Å²) in [6.45, 7) is 5.49. The Morgan fingerprint density at radius 3 is 2.61 bits per heavy atom. The first-order valence-corrected chi connectivity index (χ1v) is 8.77. The number of aliphatic hydroxyl groups excluding tert-OH is 1. The summed E-state index contributed by atoms with van der Waals surface area (Å²) >= 11 is 1.54. The average molecular weight is 332 g/mol. The molecule has 1 unspecified atom stereocenters. The van der Waals surface area contributed by atoms with E-state index >= 15 is 0 Å². The molecule has 23 heavy (non-hydrogen) atoms. The van der Waals surface area contributed by atoms with Crippen molar-refractivity contribution in [1.82, 2.24) is 10.2 Å². The lowest BCUT2D eigenvalue weighted by Gasteiger charge is -2.26. The zero-order valence-electron chi connectivity index (χ0n) is 13.6. The molecule has 0 aliphatic carbocycles. The van der Waals surface area contributed by atoms with Gasteiger partial charge in [-0.3, -0.25) is 0 Å². The van der Waals surface area contributed by atoms with Gasteiger partial charge in [0, 0.05) is 13.1 Å². The lowest BCUT2D eigenvalue weighted by Crippen LogP contribution is -2.42. The molecular weight excluding hydrogens is 308 g/mol. The van der Waals surface area contributed by atoms with Crippen molar-refractivity contribution in [2.75, 3.05) is 13.1 Å². The molecule has 2 amide bonds. The van der Waals surface area contributed by atoms with Crippen LogP contribution in [0.3, 0.4) is 0 Å². The summed E-state index contributed by atoms with van der Waals surface area (Å²) in [5.41, 5.74) is 1.90. The Hall–Kier alpha value is -1.85. The Labute approximate surface area is 141 Å². The second kappa shape index (κ2) is 8.70.